The van der Waals surface area contributed by atoms with Crippen molar-refractivity contribution in [2.45, 2.75) is 6.54 Å². The van der Waals surface area contributed by atoms with Gasteiger partial charge in [-0.05, 0) is 17.7 Å². The Morgan fingerprint density at radius 2 is 2.25 bits per heavy atom. The van der Waals surface area contributed by atoms with Crippen molar-refractivity contribution in [3.05, 3.63) is 29.8 Å². The van der Waals surface area contributed by atoms with E-state index in [1.165, 1.54) is 4.90 Å². The van der Waals surface area contributed by atoms with Gasteiger partial charge in [0.05, 0.1) is 19.4 Å². The Bertz CT molecular complexity index is 417. The number of carbonyl (C=O) groups excluding carboxylic acids is 2. The summed E-state index contributed by atoms with van der Waals surface area (Å²) in [6.07, 6.45) is 0. The molecule has 4 nitrogen and oxygen atoms in total. The van der Waals surface area contributed by atoms with E-state index in [1.54, 1.807) is 7.11 Å². The van der Waals surface area contributed by atoms with Crippen LogP contribution in [0.15, 0.2) is 24.3 Å². The number of thioether (sulfide) groups is 1. The second-order valence-corrected chi connectivity index (χ2v) is 4.31. The van der Waals surface area contributed by atoms with Crippen molar-refractivity contribution >= 4 is 22.9 Å². The van der Waals surface area contributed by atoms with Crippen LogP contribution in [0.4, 0.5) is 4.79 Å². The minimum absolute atomic E-state index is 0.127. The molecule has 0 saturated carbocycles. The van der Waals surface area contributed by atoms with Crippen molar-refractivity contribution < 1.29 is 14.3 Å². The number of benzene rings is 1. The Kier molecular flexibility index (Phi) is 3.14. The summed E-state index contributed by atoms with van der Waals surface area (Å²) in [5.74, 6) is 0.852. The zero-order valence-electron chi connectivity index (χ0n) is 8.80. The summed E-state index contributed by atoms with van der Waals surface area (Å²) in [6, 6.07) is 7.35. The van der Waals surface area contributed by atoms with Gasteiger partial charge in [0, 0.05) is 0 Å². The molecule has 0 radical (unpaired) electrons. The summed E-state index contributed by atoms with van der Waals surface area (Å²) in [6.45, 7) is 0.321. The highest BCUT2D eigenvalue weighted by atomic mass is 32.2. The molecule has 16 heavy (non-hydrogen) atoms. The predicted molar refractivity (Wildman–Crippen MR) is 61.4 cm³/mol. The second kappa shape index (κ2) is 4.57. The SMILES string of the molecule is COc1cccc(CN2C(=O)CSC2=O)c1. The van der Waals surface area contributed by atoms with Gasteiger partial charge in [-0.1, -0.05) is 23.9 Å². The van der Waals surface area contributed by atoms with Gasteiger partial charge >= 0.3 is 0 Å². The highest BCUT2D eigenvalue weighted by Crippen LogP contribution is 2.22. The third kappa shape index (κ3) is 2.19. The lowest BCUT2D eigenvalue weighted by Gasteiger charge is -2.13. The molecule has 0 bridgehead atoms. The van der Waals surface area contributed by atoms with Crippen LogP contribution in [0.3, 0.4) is 0 Å². The van der Waals surface area contributed by atoms with E-state index in [2.05, 4.69) is 0 Å². The number of nitrogens with zero attached hydrogens (tertiary/aromatic N) is 1. The lowest BCUT2D eigenvalue weighted by atomic mass is 10.2. The molecule has 0 unspecified atom stereocenters. The average molecular weight is 237 g/mol. The van der Waals surface area contributed by atoms with Gasteiger partial charge in [0.25, 0.3) is 5.24 Å². The zero-order chi connectivity index (χ0) is 11.5. The third-order valence-corrected chi connectivity index (χ3v) is 3.17. The van der Waals surface area contributed by atoms with Gasteiger partial charge in [-0.2, -0.15) is 0 Å². The Labute approximate surface area is 97.6 Å². The molecule has 1 heterocycles. The summed E-state index contributed by atoms with van der Waals surface area (Å²) in [5.41, 5.74) is 0.892. The third-order valence-electron chi connectivity index (χ3n) is 2.32. The van der Waals surface area contributed by atoms with E-state index < -0.39 is 0 Å². The van der Waals surface area contributed by atoms with E-state index in [4.69, 9.17) is 4.74 Å². The fraction of sp³-hybridized carbons (Fsp3) is 0.273. The maximum Gasteiger partial charge on any atom is 0.289 e. The van der Waals surface area contributed by atoms with Crippen LogP contribution in [0.5, 0.6) is 5.75 Å². The number of amides is 2. The standard InChI is InChI=1S/C11H11NO3S/c1-15-9-4-2-3-8(5-9)6-12-10(13)7-16-11(12)14/h2-5H,6-7H2,1H3. The predicted octanol–water partition coefficient (Wildman–Crippen LogP) is 1.89. The minimum atomic E-state index is -0.173. The minimum Gasteiger partial charge on any atom is -0.497 e. The molecule has 0 N–H and O–H groups in total. The quantitative estimate of drug-likeness (QED) is 0.805. The fourth-order valence-corrected chi connectivity index (χ4v) is 2.21. The second-order valence-electron chi connectivity index (χ2n) is 3.39. The molecule has 0 aliphatic carbocycles. The summed E-state index contributed by atoms with van der Waals surface area (Å²) in [4.78, 5) is 24.0. The van der Waals surface area contributed by atoms with E-state index in [0.29, 0.717) is 6.54 Å². The van der Waals surface area contributed by atoms with Gasteiger partial charge in [-0.25, -0.2) is 0 Å². The summed E-state index contributed by atoms with van der Waals surface area (Å²) in [5, 5.41) is -0.173. The number of imide groups is 1. The monoisotopic (exact) mass is 237 g/mol. The van der Waals surface area contributed by atoms with Gasteiger partial charge in [-0.15, -0.1) is 0 Å². The number of carbonyl (C=O) groups is 2. The maximum absolute atomic E-state index is 11.4. The highest BCUT2D eigenvalue weighted by molar-refractivity contribution is 8.14. The summed E-state index contributed by atoms with van der Waals surface area (Å²) >= 11 is 1.05. The molecule has 2 amide bonds. The number of ether oxygens (including phenoxy) is 1. The number of rotatable bonds is 3. The molecule has 84 valence electrons. The molecule has 0 aromatic heterocycles. The van der Waals surface area contributed by atoms with Crippen LogP contribution in [0.2, 0.25) is 0 Å². The van der Waals surface area contributed by atoms with Crippen molar-refractivity contribution in [3.8, 4) is 5.75 Å². The molecule has 1 aliphatic rings. The van der Waals surface area contributed by atoms with Crippen molar-refractivity contribution in [1.29, 1.82) is 0 Å². The first-order valence-corrected chi connectivity index (χ1v) is 5.79. The zero-order valence-corrected chi connectivity index (χ0v) is 9.62. The first-order valence-electron chi connectivity index (χ1n) is 4.81. The van der Waals surface area contributed by atoms with Crippen molar-refractivity contribution in [2.75, 3.05) is 12.9 Å². The lowest BCUT2D eigenvalue weighted by molar-refractivity contribution is -0.125. The summed E-state index contributed by atoms with van der Waals surface area (Å²) in [7, 11) is 1.58. The number of hydrogen-bond acceptors (Lipinski definition) is 4. The van der Waals surface area contributed by atoms with E-state index in [-0.39, 0.29) is 16.9 Å². The van der Waals surface area contributed by atoms with Crippen molar-refractivity contribution in [2.24, 2.45) is 0 Å². The molecule has 1 fully saturated rings. The summed E-state index contributed by atoms with van der Waals surface area (Å²) < 4.78 is 5.08. The van der Waals surface area contributed by atoms with E-state index in [1.807, 2.05) is 24.3 Å². The normalized spacial score (nSPS) is 15.7. The molecule has 1 aromatic carbocycles. The van der Waals surface area contributed by atoms with Crippen LogP contribution in [0, 0.1) is 0 Å². The van der Waals surface area contributed by atoms with Gasteiger partial charge in [0.2, 0.25) is 5.91 Å². The molecule has 0 atom stereocenters. The molecule has 2 rings (SSSR count). The van der Waals surface area contributed by atoms with Crippen LogP contribution in [-0.4, -0.2) is 28.9 Å². The Morgan fingerprint density at radius 3 is 2.88 bits per heavy atom. The van der Waals surface area contributed by atoms with Gasteiger partial charge in [-0.3, -0.25) is 14.5 Å². The number of hydrogen-bond donors (Lipinski definition) is 0. The smallest absolute Gasteiger partial charge is 0.289 e. The van der Waals surface area contributed by atoms with Gasteiger partial charge in [0.1, 0.15) is 5.75 Å². The average Bonchev–Trinajstić information content (AvgIpc) is 2.61. The van der Waals surface area contributed by atoms with E-state index >= 15 is 0 Å². The maximum atomic E-state index is 11.4. The fourth-order valence-electron chi connectivity index (χ4n) is 1.49. The molecule has 0 spiro atoms. The Balaban J connectivity index is 2.14. The van der Waals surface area contributed by atoms with E-state index in [9.17, 15) is 9.59 Å². The van der Waals surface area contributed by atoms with Gasteiger partial charge < -0.3 is 4.74 Å². The largest absolute Gasteiger partial charge is 0.497 e. The lowest BCUT2D eigenvalue weighted by Crippen LogP contribution is -2.27. The van der Waals surface area contributed by atoms with Crippen LogP contribution < -0.4 is 4.74 Å². The first kappa shape index (κ1) is 11.0. The van der Waals surface area contributed by atoms with Crippen LogP contribution in [0.25, 0.3) is 0 Å². The van der Waals surface area contributed by atoms with Crippen molar-refractivity contribution in [1.82, 2.24) is 4.90 Å². The van der Waals surface area contributed by atoms with Crippen LogP contribution in [0.1, 0.15) is 5.56 Å². The number of methoxy groups -OCH3 is 1. The Hall–Kier alpha value is -1.49. The Morgan fingerprint density at radius 1 is 1.44 bits per heavy atom. The van der Waals surface area contributed by atoms with Crippen LogP contribution in [-0.2, 0) is 11.3 Å². The molecular formula is C11H11NO3S. The topological polar surface area (TPSA) is 46.6 Å². The highest BCUT2D eigenvalue weighted by Gasteiger charge is 2.29. The molecule has 1 aliphatic heterocycles. The van der Waals surface area contributed by atoms with Crippen LogP contribution >= 0.6 is 11.8 Å². The van der Waals surface area contributed by atoms with Crippen molar-refractivity contribution in [3.63, 3.8) is 0 Å². The van der Waals surface area contributed by atoms with E-state index in [0.717, 1.165) is 23.1 Å². The molecule has 5 heteroatoms. The molecule has 1 aromatic rings. The molecule has 1 saturated heterocycles. The van der Waals surface area contributed by atoms with Gasteiger partial charge in [0.15, 0.2) is 0 Å². The molecular weight excluding hydrogens is 226 g/mol. The first-order chi connectivity index (χ1) is 7.70.